The fourth-order valence-corrected chi connectivity index (χ4v) is 8.73. The van der Waals surface area contributed by atoms with Crippen molar-refractivity contribution in [1.82, 2.24) is 0 Å². The van der Waals surface area contributed by atoms with Crippen LogP contribution in [0.15, 0.2) is 229 Å². The predicted molar refractivity (Wildman–Crippen MR) is 245 cm³/mol. The second-order valence-corrected chi connectivity index (χ2v) is 14.8. The SMILES string of the molecule is c1ccc(-c2ccc(-c3ccc(N(c4ccccc4-c4ccccc4)c4cc5c(oc6cccc(-c7cccc8ccccc78)c65)c5ccccc45)cc3)cc2)cc1. The molecule has 0 unspecified atom stereocenters. The van der Waals surface area contributed by atoms with Crippen LogP contribution in [0.2, 0.25) is 0 Å². The molecule has 0 amide bonds. The summed E-state index contributed by atoms with van der Waals surface area (Å²) in [6.45, 7) is 0. The molecule has 2 heteroatoms. The highest BCUT2D eigenvalue weighted by Gasteiger charge is 2.24. The Morgan fingerprint density at radius 3 is 1.57 bits per heavy atom. The summed E-state index contributed by atoms with van der Waals surface area (Å²) in [6, 6.07) is 80.6. The number of furan rings is 1. The van der Waals surface area contributed by atoms with Crippen LogP contribution >= 0.6 is 0 Å². The predicted octanol–water partition coefficient (Wildman–Crippen LogP) is 16.0. The quantitative estimate of drug-likeness (QED) is 0.162. The Morgan fingerprint density at radius 2 is 0.828 bits per heavy atom. The Labute approximate surface area is 337 Å². The van der Waals surface area contributed by atoms with Crippen molar-refractivity contribution in [3.05, 3.63) is 224 Å². The molecule has 0 aliphatic heterocycles. The minimum atomic E-state index is 0.876. The van der Waals surface area contributed by atoms with Gasteiger partial charge in [0, 0.05) is 32.8 Å². The molecule has 0 saturated heterocycles. The molecule has 0 atom stereocenters. The molecule has 0 fully saturated rings. The number of benzene rings is 10. The number of fused-ring (bicyclic) bond motifs is 6. The van der Waals surface area contributed by atoms with Gasteiger partial charge in [-0.15, -0.1) is 0 Å². The van der Waals surface area contributed by atoms with Crippen molar-refractivity contribution >= 4 is 60.5 Å². The lowest BCUT2D eigenvalue weighted by molar-refractivity contribution is 0.673. The summed E-state index contributed by atoms with van der Waals surface area (Å²) in [7, 11) is 0. The third kappa shape index (κ3) is 5.74. The van der Waals surface area contributed by atoms with Crippen molar-refractivity contribution in [3.63, 3.8) is 0 Å². The molecule has 10 aromatic carbocycles. The van der Waals surface area contributed by atoms with E-state index in [1.807, 2.05) is 0 Å². The minimum absolute atomic E-state index is 0.876. The van der Waals surface area contributed by atoms with Crippen molar-refractivity contribution in [2.75, 3.05) is 4.90 Å². The molecule has 0 aliphatic rings. The monoisotopic (exact) mass is 739 g/mol. The van der Waals surface area contributed by atoms with E-state index < -0.39 is 0 Å². The molecule has 11 aromatic rings. The molecular weight excluding hydrogens is 703 g/mol. The molecule has 1 heterocycles. The average Bonchev–Trinajstić information content (AvgIpc) is 3.69. The summed E-state index contributed by atoms with van der Waals surface area (Å²) >= 11 is 0. The standard InChI is InChI=1S/C56H37NO/c1-3-15-38(16-4-1)39-29-31-40(32-30-39)41-33-35-44(36-34-41)57(52-27-12-11-22-46(52)43-17-5-2-6-18-43)53-37-51-55-49(47-25-13-20-42-19-7-8-21-45(42)47)26-14-28-54(55)58-56(51)50-24-10-9-23-48(50)53/h1-37H. The minimum Gasteiger partial charge on any atom is -0.455 e. The van der Waals surface area contributed by atoms with Gasteiger partial charge in [-0.1, -0.05) is 194 Å². The van der Waals surface area contributed by atoms with E-state index in [1.165, 1.54) is 38.6 Å². The smallest absolute Gasteiger partial charge is 0.143 e. The van der Waals surface area contributed by atoms with Crippen LogP contribution in [0.4, 0.5) is 17.1 Å². The van der Waals surface area contributed by atoms with Gasteiger partial charge in [0.2, 0.25) is 0 Å². The Kier molecular flexibility index (Phi) is 8.19. The lowest BCUT2D eigenvalue weighted by atomic mass is 9.93. The summed E-state index contributed by atoms with van der Waals surface area (Å²) in [5.74, 6) is 0. The van der Waals surface area contributed by atoms with Crippen LogP contribution in [-0.2, 0) is 0 Å². The van der Waals surface area contributed by atoms with Crippen molar-refractivity contribution in [1.29, 1.82) is 0 Å². The van der Waals surface area contributed by atoms with E-state index in [0.717, 1.165) is 66.5 Å². The van der Waals surface area contributed by atoms with Crippen molar-refractivity contribution in [3.8, 4) is 44.5 Å². The molecule has 0 N–H and O–H groups in total. The molecule has 272 valence electrons. The van der Waals surface area contributed by atoms with E-state index in [1.54, 1.807) is 0 Å². The molecule has 58 heavy (non-hydrogen) atoms. The highest BCUT2D eigenvalue weighted by atomic mass is 16.3. The average molecular weight is 740 g/mol. The van der Waals surface area contributed by atoms with Gasteiger partial charge in [0.1, 0.15) is 11.2 Å². The van der Waals surface area contributed by atoms with E-state index in [2.05, 4.69) is 229 Å². The Hall–Kier alpha value is -7.68. The molecule has 0 saturated carbocycles. The Morgan fingerprint density at radius 1 is 0.310 bits per heavy atom. The van der Waals surface area contributed by atoms with Gasteiger partial charge in [-0.2, -0.15) is 0 Å². The van der Waals surface area contributed by atoms with Crippen LogP contribution < -0.4 is 4.90 Å². The fourth-order valence-electron chi connectivity index (χ4n) is 8.73. The van der Waals surface area contributed by atoms with Gasteiger partial charge in [0.05, 0.1) is 11.4 Å². The normalized spacial score (nSPS) is 11.4. The van der Waals surface area contributed by atoms with Crippen LogP contribution in [-0.4, -0.2) is 0 Å². The van der Waals surface area contributed by atoms with Crippen molar-refractivity contribution in [2.24, 2.45) is 0 Å². The zero-order chi connectivity index (χ0) is 38.4. The number of para-hydroxylation sites is 1. The summed E-state index contributed by atoms with van der Waals surface area (Å²) in [6.07, 6.45) is 0. The Balaban J connectivity index is 1.14. The first kappa shape index (κ1) is 33.6. The molecule has 0 radical (unpaired) electrons. The maximum Gasteiger partial charge on any atom is 0.143 e. The number of nitrogens with zero attached hydrogens (tertiary/aromatic N) is 1. The molecule has 0 aliphatic carbocycles. The van der Waals surface area contributed by atoms with Crippen LogP contribution in [0.1, 0.15) is 0 Å². The first-order valence-corrected chi connectivity index (χ1v) is 19.8. The molecule has 11 rings (SSSR count). The molecule has 2 nitrogen and oxygen atoms in total. The Bertz CT molecular complexity index is 3250. The highest BCUT2D eigenvalue weighted by molar-refractivity contribution is 6.23. The van der Waals surface area contributed by atoms with Crippen LogP contribution in [0.5, 0.6) is 0 Å². The maximum absolute atomic E-state index is 6.86. The number of hydrogen-bond acceptors (Lipinski definition) is 2. The van der Waals surface area contributed by atoms with Gasteiger partial charge in [-0.3, -0.25) is 0 Å². The largest absolute Gasteiger partial charge is 0.455 e. The fraction of sp³-hybridized carbons (Fsp3) is 0. The first-order valence-electron chi connectivity index (χ1n) is 19.8. The van der Waals surface area contributed by atoms with Gasteiger partial charge < -0.3 is 9.32 Å². The summed E-state index contributed by atoms with van der Waals surface area (Å²) in [4.78, 5) is 2.44. The summed E-state index contributed by atoms with van der Waals surface area (Å²) in [5, 5.41) is 6.84. The van der Waals surface area contributed by atoms with Crippen LogP contribution in [0.25, 0.3) is 88.0 Å². The van der Waals surface area contributed by atoms with Gasteiger partial charge in [-0.25, -0.2) is 0 Å². The number of rotatable bonds is 7. The lowest BCUT2D eigenvalue weighted by Crippen LogP contribution is -2.12. The second-order valence-electron chi connectivity index (χ2n) is 14.8. The van der Waals surface area contributed by atoms with E-state index in [0.29, 0.717) is 0 Å². The topological polar surface area (TPSA) is 16.4 Å². The molecule has 1 aromatic heterocycles. The van der Waals surface area contributed by atoms with Crippen molar-refractivity contribution < 1.29 is 4.42 Å². The van der Waals surface area contributed by atoms with Crippen LogP contribution in [0, 0.1) is 0 Å². The van der Waals surface area contributed by atoms with Gasteiger partial charge in [0.15, 0.2) is 0 Å². The van der Waals surface area contributed by atoms with Gasteiger partial charge in [-0.05, 0) is 80.0 Å². The molecule has 0 spiro atoms. The van der Waals surface area contributed by atoms with Gasteiger partial charge >= 0.3 is 0 Å². The third-order valence-corrected chi connectivity index (χ3v) is 11.5. The van der Waals surface area contributed by atoms with Crippen molar-refractivity contribution in [2.45, 2.75) is 0 Å². The first-order chi connectivity index (χ1) is 28.8. The molecular formula is C56H37NO. The van der Waals surface area contributed by atoms with E-state index >= 15 is 0 Å². The number of hydrogen-bond donors (Lipinski definition) is 0. The maximum atomic E-state index is 6.86. The van der Waals surface area contributed by atoms with E-state index in [-0.39, 0.29) is 0 Å². The van der Waals surface area contributed by atoms with E-state index in [4.69, 9.17) is 4.42 Å². The zero-order valence-corrected chi connectivity index (χ0v) is 31.7. The highest BCUT2D eigenvalue weighted by Crippen LogP contribution is 2.48. The van der Waals surface area contributed by atoms with Crippen LogP contribution in [0.3, 0.4) is 0 Å². The second kappa shape index (κ2) is 14.1. The number of anilines is 3. The lowest BCUT2D eigenvalue weighted by Gasteiger charge is -2.29. The summed E-state index contributed by atoms with van der Waals surface area (Å²) in [5.41, 5.74) is 14.5. The molecule has 0 bridgehead atoms. The zero-order valence-electron chi connectivity index (χ0n) is 31.7. The van der Waals surface area contributed by atoms with E-state index in [9.17, 15) is 0 Å². The van der Waals surface area contributed by atoms with Gasteiger partial charge in [0.25, 0.3) is 0 Å². The summed E-state index contributed by atoms with van der Waals surface area (Å²) < 4.78 is 6.86. The third-order valence-electron chi connectivity index (χ3n) is 11.5.